The van der Waals surface area contributed by atoms with E-state index >= 15 is 0 Å². The summed E-state index contributed by atoms with van der Waals surface area (Å²) in [6, 6.07) is 16.5. The zero-order valence-electron chi connectivity index (χ0n) is 19.9. The molecule has 1 heterocycles. The van der Waals surface area contributed by atoms with Crippen LogP contribution in [-0.4, -0.2) is 18.9 Å². The number of allylic oxidation sites excluding steroid dienone is 1. The second kappa shape index (κ2) is 10.1. The van der Waals surface area contributed by atoms with Crippen molar-refractivity contribution in [2.45, 2.75) is 20.8 Å². The van der Waals surface area contributed by atoms with E-state index in [4.69, 9.17) is 20.8 Å². The molecule has 0 spiro atoms. The molecule has 0 aliphatic rings. The Morgan fingerprint density at radius 2 is 1.60 bits per heavy atom. The van der Waals surface area contributed by atoms with Crippen LogP contribution in [0.3, 0.4) is 0 Å². The summed E-state index contributed by atoms with van der Waals surface area (Å²) in [6.07, 6.45) is 3.26. The third-order valence-electron chi connectivity index (χ3n) is 5.65. The van der Waals surface area contributed by atoms with Gasteiger partial charge in [0.1, 0.15) is 11.3 Å². The minimum Gasteiger partial charge on any atom is -0.496 e. The van der Waals surface area contributed by atoms with E-state index in [1.807, 2.05) is 44.2 Å². The van der Waals surface area contributed by atoms with Gasteiger partial charge in [-0.2, -0.15) is 0 Å². The van der Waals surface area contributed by atoms with Crippen LogP contribution in [0.2, 0.25) is 5.02 Å². The van der Waals surface area contributed by atoms with Crippen molar-refractivity contribution >= 4 is 51.3 Å². The quantitative estimate of drug-likeness (QED) is 0.284. The van der Waals surface area contributed by atoms with Gasteiger partial charge in [0.15, 0.2) is 0 Å². The molecule has 178 valence electrons. The lowest BCUT2D eigenvalue weighted by atomic mass is 9.96. The van der Waals surface area contributed by atoms with Gasteiger partial charge in [-0.25, -0.2) is 0 Å². The molecule has 35 heavy (non-hydrogen) atoms. The van der Waals surface area contributed by atoms with Crippen LogP contribution in [-0.2, 0) is 9.59 Å². The first-order valence-electron chi connectivity index (χ1n) is 11.0. The minimum absolute atomic E-state index is 0.154. The minimum atomic E-state index is -0.278. The molecule has 0 saturated heterocycles. The van der Waals surface area contributed by atoms with Gasteiger partial charge in [-0.15, -0.1) is 0 Å². The second-order valence-corrected chi connectivity index (χ2v) is 8.63. The van der Waals surface area contributed by atoms with Crippen LogP contribution in [0.5, 0.6) is 5.75 Å². The summed E-state index contributed by atoms with van der Waals surface area (Å²) < 4.78 is 11.6. The number of amides is 2. The lowest BCUT2D eigenvalue weighted by Crippen LogP contribution is -2.09. The Bertz CT molecular complexity index is 1430. The number of furan rings is 1. The van der Waals surface area contributed by atoms with Crippen LogP contribution in [0.15, 0.2) is 71.4 Å². The maximum atomic E-state index is 12.7. The number of fused-ring (bicyclic) bond motifs is 1. The highest BCUT2D eigenvalue weighted by Gasteiger charge is 2.19. The molecule has 0 saturated carbocycles. The number of aryl methyl sites for hydroxylation is 1. The molecule has 0 aliphatic heterocycles. The highest BCUT2D eigenvalue weighted by Crippen LogP contribution is 2.40. The SMILES string of the molecule is COc1c(/C(C)=C/C(=O)Nc2ccc(NC(C)=O)cc2)cc2c(-c3ccc(Cl)cc3)coc2c1C. The predicted octanol–water partition coefficient (Wildman–Crippen LogP) is 7.07. The molecule has 6 nitrogen and oxygen atoms in total. The van der Waals surface area contributed by atoms with Crippen molar-refractivity contribution in [3.05, 3.63) is 83.1 Å². The fourth-order valence-electron chi connectivity index (χ4n) is 4.02. The first-order chi connectivity index (χ1) is 16.8. The Morgan fingerprint density at radius 1 is 0.971 bits per heavy atom. The molecular weight excluding hydrogens is 464 g/mol. The monoisotopic (exact) mass is 488 g/mol. The lowest BCUT2D eigenvalue weighted by Gasteiger charge is -2.13. The number of methoxy groups -OCH3 is 1. The van der Waals surface area contributed by atoms with Crippen LogP contribution in [0.1, 0.15) is 25.0 Å². The Morgan fingerprint density at radius 3 is 2.20 bits per heavy atom. The summed E-state index contributed by atoms with van der Waals surface area (Å²) in [4.78, 5) is 23.9. The Labute approximate surface area is 208 Å². The summed E-state index contributed by atoms with van der Waals surface area (Å²) in [6.45, 7) is 5.24. The van der Waals surface area contributed by atoms with Gasteiger partial charge in [0.25, 0.3) is 0 Å². The molecule has 0 bridgehead atoms. The fraction of sp³-hybridized carbons (Fsp3) is 0.143. The molecule has 4 aromatic rings. The molecule has 3 aromatic carbocycles. The van der Waals surface area contributed by atoms with E-state index < -0.39 is 0 Å². The fourth-order valence-corrected chi connectivity index (χ4v) is 4.14. The van der Waals surface area contributed by atoms with Gasteiger partial charge in [0.2, 0.25) is 11.8 Å². The van der Waals surface area contributed by atoms with Crippen LogP contribution in [0, 0.1) is 6.92 Å². The number of nitrogens with one attached hydrogen (secondary N) is 2. The molecule has 0 atom stereocenters. The van der Waals surface area contributed by atoms with Gasteiger partial charge in [-0.1, -0.05) is 23.7 Å². The van der Waals surface area contributed by atoms with Gasteiger partial charge >= 0.3 is 0 Å². The van der Waals surface area contributed by atoms with Crippen molar-refractivity contribution in [3.63, 3.8) is 0 Å². The van der Waals surface area contributed by atoms with E-state index in [9.17, 15) is 9.59 Å². The van der Waals surface area contributed by atoms with Crippen molar-refractivity contribution in [1.29, 1.82) is 0 Å². The smallest absolute Gasteiger partial charge is 0.248 e. The largest absolute Gasteiger partial charge is 0.496 e. The number of carbonyl (C=O) groups is 2. The molecule has 7 heteroatoms. The van der Waals surface area contributed by atoms with Crippen molar-refractivity contribution < 1.29 is 18.7 Å². The number of hydrogen-bond acceptors (Lipinski definition) is 4. The van der Waals surface area contributed by atoms with E-state index in [2.05, 4.69) is 10.6 Å². The standard InChI is InChI=1S/C28H25ClN2O4/c1-16(13-26(33)31-22-11-9-21(10-12-22)30-18(3)32)23-14-24-25(19-5-7-20(29)8-6-19)15-35-28(24)17(2)27(23)34-4/h5-15H,1-4H3,(H,30,32)(H,31,33)/b16-13+. The number of halogens is 1. The van der Waals surface area contributed by atoms with Crippen LogP contribution in [0.4, 0.5) is 11.4 Å². The summed E-state index contributed by atoms with van der Waals surface area (Å²) in [5.74, 6) is 0.216. The van der Waals surface area contributed by atoms with E-state index in [-0.39, 0.29) is 11.8 Å². The van der Waals surface area contributed by atoms with Crippen molar-refractivity contribution in [3.8, 4) is 16.9 Å². The van der Waals surface area contributed by atoms with Gasteiger partial charge in [-0.3, -0.25) is 9.59 Å². The number of ether oxygens (including phenoxy) is 1. The molecule has 0 fully saturated rings. The van der Waals surface area contributed by atoms with Gasteiger partial charge in [0.05, 0.1) is 13.4 Å². The molecular formula is C28H25ClN2O4. The molecule has 0 aliphatic carbocycles. The Kier molecular flexibility index (Phi) is 6.94. The van der Waals surface area contributed by atoms with Crippen LogP contribution in [0.25, 0.3) is 27.7 Å². The number of carbonyl (C=O) groups excluding carboxylic acids is 2. The molecule has 4 rings (SSSR count). The zero-order chi connectivity index (χ0) is 25.1. The molecule has 2 N–H and O–H groups in total. The average molecular weight is 489 g/mol. The number of hydrogen-bond donors (Lipinski definition) is 2. The first kappa shape index (κ1) is 24.1. The van der Waals surface area contributed by atoms with Crippen LogP contribution < -0.4 is 15.4 Å². The maximum Gasteiger partial charge on any atom is 0.248 e. The lowest BCUT2D eigenvalue weighted by molar-refractivity contribution is -0.114. The summed E-state index contributed by atoms with van der Waals surface area (Å²) in [5.41, 5.74) is 6.30. The average Bonchev–Trinajstić information content (AvgIpc) is 3.24. The van der Waals surface area contributed by atoms with E-state index in [1.165, 1.54) is 13.0 Å². The second-order valence-electron chi connectivity index (χ2n) is 8.19. The predicted molar refractivity (Wildman–Crippen MR) is 141 cm³/mol. The van der Waals surface area contributed by atoms with E-state index in [0.29, 0.717) is 22.1 Å². The van der Waals surface area contributed by atoms with Gasteiger partial charge < -0.3 is 19.8 Å². The molecule has 1 aromatic heterocycles. The van der Waals surface area contributed by atoms with Crippen molar-refractivity contribution in [2.75, 3.05) is 17.7 Å². The third kappa shape index (κ3) is 5.23. The Balaban J connectivity index is 1.66. The molecule has 2 amide bonds. The first-order valence-corrected chi connectivity index (χ1v) is 11.4. The van der Waals surface area contributed by atoms with Crippen molar-refractivity contribution in [2.24, 2.45) is 0 Å². The highest BCUT2D eigenvalue weighted by molar-refractivity contribution is 6.30. The van der Waals surface area contributed by atoms with Crippen molar-refractivity contribution in [1.82, 2.24) is 0 Å². The summed E-state index contributed by atoms with van der Waals surface area (Å²) in [5, 5.41) is 7.13. The zero-order valence-corrected chi connectivity index (χ0v) is 20.6. The third-order valence-corrected chi connectivity index (χ3v) is 5.90. The summed E-state index contributed by atoms with van der Waals surface area (Å²) in [7, 11) is 1.60. The normalized spacial score (nSPS) is 11.4. The number of anilines is 2. The summed E-state index contributed by atoms with van der Waals surface area (Å²) >= 11 is 6.05. The van der Waals surface area contributed by atoms with Gasteiger partial charge in [0, 0.05) is 51.5 Å². The van der Waals surface area contributed by atoms with E-state index in [1.54, 1.807) is 37.6 Å². The number of rotatable bonds is 6. The Hall–Kier alpha value is -4.03. The number of benzene rings is 3. The highest BCUT2D eigenvalue weighted by atomic mass is 35.5. The molecule has 0 unspecified atom stereocenters. The van der Waals surface area contributed by atoms with Gasteiger partial charge in [-0.05, 0) is 67.4 Å². The maximum absolute atomic E-state index is 12.7. The topological polar surface area (TPSA) is 80.6 Å². The molecule has 0 radical (unpaired) electrons. The van der Waals surface area contributed by atoms with E-state index in [0.717, 1.165) is 38.8 Å². The van der Waals surface area contributed by atoms with Crippen LogP contribution >= 0.6 is 11.6 Å².